The highest BCUT2D eigenvalue weighted by molar-refractivity contribution is 7.99. The molecular weight excluding hydrogens is 364 g/mol. The van der Waals surface area contributed by atoms with E-state index in [1.165, 1.54) is 0 Å². The van der Waals surface area contributed by atoms with Gasteiger partial charge in [-0.3, -0.25) is 0 Å². The van der Waals surface area contributed by atoms with Gasteiger partial charge in [-0.05, 0) is 46.8 Å². The van der Waals surface area contributed by atoms with Crippen LogP contribution in [0.4, 0.5) is 0 Å². The van der Waals surface area contributed by atoms with Crippen LogP contribution in [0.25, 0.3) is 11.0 Å². The fourth-order valence-electron chi connectivity index (χ4n) is 3.55. The van der Waals surface area contributed by atoms with E-state index in [1.807, 2.05) is 58.9 Å². The minimum absolute atomic E-state index is 0.111. The summed E-state index contributed by atoms with van der Waals surface area (Å²) in [7, 11) is 0. The lowest BCUT2D eigenvalue weighted by molar-refractivity contribution is -0.174. The molecule has 0 N–H and O–H groups in total. The molecule has 2 aliphatic rings. The van der Waals surface area contributed by atoms with Gasteiger partial charge >= 0.3 is 0 Å². The number of ether oxygens (including phenoxy) is 4. The van der Waals surface area contributed by atoms with E-state index in [1.54, 1.807) is 11.8 Å². The fourth-order valence-corrected chi connectivity index (χ4v) is 4.55. The van der Waals surface area contributed by atoms with Crippen molar-refractivity contribution in [3.05, 3.63) is 30.0 Å². The average molecular weight is 391 g/mol. The molecule has 0 aliphatic carbocycles. The van der Waals surface area contributed by atoms with E-state index in [9.17, 15) is 0 Å². The van der Waals surface area contributed by atoms with Crippen molar-refractivity contribution in [2.24, 2.45) is 0 Å². The van der Waals surface area contributed by atoms with Crippen molar-refractivity contribution in [2.75, 3.05) is 12.4 Å². The second-order valence-corrected chi connectivity index (χ2v) is 8.93. The van der Waals surface area contributed by atoms with Gasteiger partial charge in [-0.2, -0.15) is 0 Å². The number of aromatic nitrogens is 2. The summed E-state index contributed by atoms with van der Waals surface area (Å²) >= 11 is 1.65. The first-order valence-corrected chi connectivity index (χ1v) is 10.2. The molecule has 3 atom stereocenters. The maximum atomic E-state index is 6.16. The van der Waals surface area contributed by atoms with Gasteiger partial charge < -0.3 is 18.9 Å². The van der Waals surface area contributed by atoms with Crippen molar-refractivity contribution in [3.63, 3.8) is 0 Å². The molecule has 0 radical (unpaired) electrons. The third-order valence-electron chi connectivity index (χ3n) is 4.70. The molecule has 2 saturated heterocycles. The normalized spacial score (nSPS) is 29.4. The molecule has 2 aliphatic heterocycles. The molecule has 0 unspecified atom stereocenters. The third-order valence-corrected chi connectivity index (χ3v) is 5.86. The van der Waals surface area contributed by atoms with E-state index in [0.29, 0.717) is 12.4 Å². The lowest BCUT2D eigenvalue weighted by Crippen LogP contribution is -2.39. The Bertz CT molecular complexity index is 842. The molecule has 0 amide bonds. The predicted molar refractivity (Wildman–Crippen MR) is 104 cm³/mol. The largest absolute Gasteiger partial charge is 0.348 e. The van der Waals surface area contributed by atoms with E-state index in [0.717, 1.165) is 21.8 Å². The monoisotopic (exact) mass is 390 g/mol. The highest BCUT2D eigenvalue weighted by Gasteiger charge is 2.49. The van der Waals surface area contributed by atoms with Crippen LogP contribution in [0.3, 0.4) is 0 Å². The van der Waals surface area contributed by atoms with Crippen LogP contribution in [-0.2, 0) is 18.9 Å². The molecule has 27 heavy (non-hydrogen) atoms. The molecule has 4 rings (SSSR count). The van der Waals surface area contributed by atoms with E-state index in [4.69, 9.17) is 23.9 Å². The van der Waals surface area contributed by atoms with Gasteiger partial charge in [0, 0.05) is 5.75 Å². The van der Waals surface area contributed by atoms with Gasteiger partial charge in [0.2, 0.25) is 0 Å². The van der Waals surface area contributed by atoms with Crippen molar-refractivity contribution in [2.45, 2.75) is 69.5 Å². The maximum Gasteiger partial charge on any atom is 0.163 e. The lowest BCUT2D eigenvalue weighted by atomic mass is 10.1. The molecule has 3 heterocycles. The van der Waals surface area contributed by atoms with Crippen LogP contribution in [0.15, 0.2) is 29.3 Å². The number of benzene rings is 1. The molecule has 0 saturated carbocycles. The molecule has 146 valence electrons. The van der Waals surface area contributed by atoms with Crippen molar-refractivity contribution in [1.82, 2.24) is 9.97 Å². The first kappa shape index (κ1) is 19.1. The smallest absolute Gasteiger partial charge is 0.163 e. The first-order chi connectivity index (χ1) is 12.7. The van der Waals surface area contributed by atoms with Gasteiger partial charge in [0.05, 0.1) is 29.4 Å². The number of hydrogen-bond acceptors (Lipinski definition) is 7. The number of aryl methyl sites for hydroxylation is 1. The summed E-state index contributed by atoms with van der Waals surface area (Å²) in [5.41, 5.74) is 2.74. The molecule has 2 fully saturated rings. The predicted octanol–water partition coefficient (Wildman–Crippen LogP) is 3.70. The summed E-state index contributed by atoms with van der Waals surface area (Å²) in [6, 6.07) is 7.92. The summed E-state index contributed by atoms with van der Waals surface area (Å²) in [4.78, 5) is 9.43. The zero-order chi connectivity index (χ0) is 19.2. The van der Waals surface area contributed by atoms with E-state index in [2.05, 4.69) is 4.98 Å². The number of rotatable bonds is 4. The van der Waals surface area contributed by atoms with Crippen molar-refractivity contribution >= 4 is 22.8 Å². The molecule has 0 spiro atoms. The Morgan fingerprint density at radius 2 is 1.70 bits per heavy atom. The van der Waals surface area contributed by atoms with Crippen molar-refractivity contribution < 1.29 is 18.9 Å². The average Bonchev–Trinajstić information content (AvgIpc) is 3.11. The van der Waals surface area contributed by atoms with E-state index < -0.39 is 11.6 Å². The van der Waals surface area contributed by atoms with E-state index in [-0.39, 0.29) is 18.3 Å². The standard InChI is InChI=1S/C20H26N2O4S/c1-12-18(22-14-9-7-6-8-13(14)21-12)27-11-16-17(26-20(4,5)25-16)15-10-23-19(2,3)24-15/h6-9,15-17H,10-11H2,1-5H3/t15-,16+,17+/m0/s1. The lowest BCUT2D eigenvalue weighted by Gasteiger charge is -2.23. The Morgan fingerprint density at radius 3 is 2.37 bits per heavy atom. The summed E-state index contributed by atoms with van der Waals surface area (Å²) < 4.78 is 24.1. The van der Waals surface area contributed by atoms with Gasteiger partial charge in [-0.1, -0.05) is 12.1 Å². The summed E-state index contributed by atoms with van der Waals surface area (Å²) in [6.45, 7) is 10.2. The minimum atomic E-state index is -0.643. The molecule has 2 aromatic rings. The summed E-state index contributed by atoms with van der Waals surface area (Å²) in [5, 5.41) is 0.921. The molecule has 7 heteroatoms. The fraction of sp³-hybridized carbons (Fsp3) is 0.600. The Labute approximate surface area is 163 Å². The third kappa shape index (κ3) is 4.12. The van der Waals surface area contributed by atoms with Gasteiger partial charge in [-0.15, -0.1) is 11.8 Å². The Balaban J connectivity index is 1.50. The van der Waals surface area contributed by atoms with Crippen molar-refractivity contribution in [3.8, 4) is 0 Å². The molecule has 6 nitrogen and oxygen atoms in total. The van der Waals surface area contributed by atoms with Gasteiger partial charge in [0.1, 0.15) is 17.2 Å². The molecule has 1 aromatic carbocycles. The molecule has 0 bridgehead atoms. The van der Waals surface area contributed by atoms with Crippen LogP contribution >= 0.6 is 11.8 Å². The topological polar surface area (TPSA) is 62.7 Å². The highest BCUT2D eigenvalue weighted by Crippen LogP contribution is 2.37. The number of hydrogen-bond donors (Lipinski definition) is 0. The van der Waals surface area contributed by atoms with Crippen LogP contribution < -0.4 is 0 Å². The molecular formula is C20H26N2O4S. The number of nitrogens with zero attached hydrogens (tertiary/aromatic N) is 2. The van der Waals surface area contributed by atoms with Crippen LogP contribution in [0.2, 0.25) is 0 Å². The van der Waals surface area contributed by atoms with Crippen molar-refractivity contribution in [1.29, 1.82) is 0 Å². The van der Waals surface area contributed by atoms with Gasteiger partial charge in [0.25, 0.3) is 0 Å². The zero-order valence-electron chi connectivity index (χ0n) is 16.4. The minimum Gasteiger partial charge on any atom is -0.348 e. The quantitative estimate of drug-likeness (QED) is 0.738. The zero-order valence-corrected chi connectivity index (χ0v) is 17.2. The Morgan fingerprint density at radius 1 is 1.00 bits per heavy atom. The number of fused-ring (bicyclic) bond motifs is 1. The second-order valence-electron chi connectivity index (χ2n) is 7.92. The second kappa shape index (κ2) is 6.97. The van der Waals surface area contributed by atoms with Crippen LogP contribution in [0.5, 0.6) is 0 Å². The van der Waals surface area contributed by atoms with Crippen LogP contribution in [0.1, 0.15) is 33.4 Å². The Kier molecular flexibility index (Phi) is 4.93. The first-order valence-electron chi connectivity index (χ1n) is 9.26. The van der Waals surface area contributed by atoms with Crippen LogP contribution in [-0.4, -0.2) is 52.2 Å². The SMILES string of the molecule is Cc1nc2ccccc2nc1SC[C@H]1OC(C)(C)O[C@@H]1[C@@H]1COC(C)(C)O1. The Hall–Kier alpha value is -1.25. The number of thioether (sulfide) groups is 1. The van der Waals surface area contributed by atoms with E-state index >= 15 is 0 Å². The van der Waals surface area contributed by atoms with Gasteiger partial charge in [-0.25, -0.2) is 9.97 Å². The summed E-state index contributed by atoms with van der Waals surface area (Å²) in [5.74, 6) is -0.517. The summed E-state index contributed by atoms with van der Waals surface area (Å²) in [6.07, 6.45) is -0.431. The van der Waals surface area contributed by atoms with Gasteiger partial charge in [0.15, 0.2) is 11.6 Å². The maximum absolute atomic E-state index is 6.16. The van der Waals surface area contributed by atoms with Crippen LogP contribution in [0, 0.1) is 6.92 Å². The highest BCUT2D eigenvalue weighted by atomic mass is 32.2. The molecule has 1 aromatic heterocycles. The number of para-hydroxylation sites is 2.